The van der Waals surface area contributed by atoms with Gasteiger partial charge in [0.15, 0.2) is 0 Å². The van der Waals surface area contributed by atoms with E-state index >= 15 is 0 Å². The molecule has 25 heavy (non-hydrogen) atoms. The van der Waals surface area contributed by atoms with E-state index in [2.05, 4.69) is 27.2 Å². The third-order valence-corrected chi connectivity index (χ3v) is 5.01. The first-order chi connectivity index (χ1) is 12.0. The summed E-state index contributed by atoms with van der Waals surface area (Å²) in [5.74, 6) is 0.175. The number of pyridine rings is 1. The molecule has 4 heterocycles. The summed E-state index contributed by atoms with van der Waals surface area (Å²) >= 11 is 0. The smallest absolute Gasteiger partial charge is 0.251 e. The minimum Gasteiger partial charge on any atom is -0.347 e. The number of nitrogens with zero attached hydrogens (tertiary/aromatic N) is 5. The van der Waals surface area contributed by atoms with Gasteiger partial charge in [0, 0.05) is 61.6 Å². The topological polar surface area (TPSA) is 67.5 Å². The zero-order valence-corrected chi connectivity index (χ0v) is 14.7. The molecule has 0 bridgehead atoms. The van der Waals surface area contributed by atoms with Gasteiger partial charge in [-0.1, -0.05) is 0 Å². The van der Waals surface area contributed by atoms with E-state index in [9.17, 15) is 4.79 Å². The van der Waals surface area contributed by atoms with E-state index in [1.807, 2.05) is 47.5 Å². The van der Waals surface area contributed by atoms with Crippen LogP contribution in [-0.4, -0.2) is 55.9 Å². The standard InChI is InChI=1S/C18H22N6O/c1-12-7-20-17-6-13(4-5-24(12)17)18(25)21-15-10-22(2)9-14(15)16-8-19-11-23(16)3/h4-8,11,14-15H,9-10H2,1-3H3,(H,21,25)/t14-,15-/m1/s1. The highest BCUT2D eigenvalue weighted by Crippen LogP contribution is 2.26. The van der Waals surface area contributed by atoms with Gasteiger partial charge >= 0.3 is 0 Å². The number of hydrogen-bond acceptors (Lipinski definition) is 4. The number of aromatic nitrogens is 4. The average molecular weight is 338 g/mol. The van der Waals surface area contributed by atoms with Crippen molar-refractivity contribution in [3.63, 3.8) is 0 Å². The molecule has 0 aliphatic carbocycles. The molecule has 7 nitrogen and oxygen atoms in total. The maximum absolute atomic E-state index is 12.8. The second kappa shape index (κ2) is 6.00. The SMILES string of the molecule is Cc1cnc2cc(C(=O)N[C@@H]3CN(C)C[C@H]3c3cncn3C)ccn12. The molecule has 3 aromatic heterocycles. The Morgan fingerprint density at radius 1 is 1.28 bits per heavy atom. The zero-order chi connectivity index (χ0) is 17.6. The molecule has 0 radical (unpaired) electrons. The molecule has 0 aromatic carbocycles. The van der Waals surface area contributed by atoms with Gasteiger partial charge in [0.2, 0.25) is 0 Å². The van der Waals surface area contributed by atoms with Gasteiger partial charge in [-0.25, -0.2) is 9.97 Å². The maximum atomic E-state index is 12.8. The highest BCUT2D eigenvalue weighted by Gasteiger charge is 2.34. The summed E-state index contributed by atoms with van der Waals surface area (Å²) in [5.41, 5.74) is 3.62. The first kappa shape index (κ1) is 15.8. The van der Waals surface area contributed by atoms with Crippen LogP contribution in [0.3, 0.4) is 0 Å². The Balaban J connectivity index is 1.56. The van der Waals surface area contributed by atoms with E-state index in [0.29, 0.717) is 5.56 Å². The van der Waals surface area contributed by atoms with Crippen LogP contribution in [0.25, 0.3) is 5.65 Å². The Hall–Kier alpha value is -2.67. The van der Waals surface area contributed by atoms with Crippen molar-refractivity contribution in [2.24, 2.45) is 7.05 Å². The summed E-state index contributed by atoms with van der Waals surface area (Å²) in [6.45, 7) is 3.72. The normalized spacial score (nSPS) is 21.1. The van der Waals surface area contributed by atoms with Gasteiger partial charge in [0.1, 0.15) is 5.65 Å². The zero-order valence-electron chi connectivity index (χ0n) is 14.7. The van der Waals surface area contributed by atoms with Crippen molar-refractivity contribution >= 4 is 11.6 Å². The first-order valence-corrected chi connectivity index (χ1v) is 8.42. The minimum atomic E-state index is -0.0596. The van der Waals surface area contributed by atoms with Crippen LogP contribution in [-0.2, 0) is 7.05 Å². The summed E-state index contributed by atoms with van der Waals surface area (Å²) in [7, 11) is 4.07. The van der Waals surface area contributed by atoms with E-state index < -0.39 is 0 Å². The fourth-order valence-corrected chi connectivity index (χ4v) is 3.67. The monoisotopic (exact) mass is 338 g/mol. The number of fused-ring (bicyclic) bond motifs is 1. The van der Waals surface area contributed by atoms with Crippen molar-refractivity contribution in [2.45, 2.75) is 18.9 Å². The number of amides is 1. The molecule has 1 amide bonds. The molecule has 2 atom stereocenters. The van der Waals surface area contributed by atoms with E-state index in [-0.39, 0.29) is 17.9 Å². The van der Waals surface area contributed by atoms with Crippen LogP contribution >= 0.6 is 0 Å². The molecule has 1 aliphatic rings. The average Bonchev–Trinajstić information content (AvgIpc) is 3.27. The van der Waals surface area contributed by atoms with Crippen LogP contribution in [0.4, 0.5) is 0 Å². The molecule has 4 rings (SSSR count). The summed E-state index contributed by atoms with van der Waals surface area (Å²) in [6.07, 6.45) is 7.40. The fraction of sp³-hybridized carbons (Fsp3) is 0.389. The highest BCUT2D eigenvalue weighted by molar-refractivity contribution is 5.95. The predicted octanol–water partition coefficient (Wildman–Crippen LogP) is 1.20. The summed E-state index contributed by atoms with van der Waals surface area (Å²) in [6, 6.07) is 3.74. The Bertz CT molecular complexity index is 927. The van der Waals surface area contributed by atoms with Crippen molar-refractivity contribution in [1.29, 1.82) is 0 Å². The van der Waals surface area contributed by atoms with Crippen LogP contribution < -0.4 is 5.32 Å². The predicted molar refractivity (Wildman–Crippen MR) is 94.6 cm³/mol. The highest BCUT2D eigenvalue weighted by atomic mass is 16.1. The van der Waals surface area contributed by atoms with Gasteiger partial charge in [-0.05, 0) is 26.1 Å². The molecule has 7 heteroatoms. The molecule has 3 aromatic rings. The van der Waals surface area contributed by atoms with Crippen molar-refractivity contribution in [2.75, 3.05) is 20.1 Å². The van der Waals surface area contributed by atoms with Crippen molar-refractivity contribution in [3.8, 4) is 0 Å². The Kier molecular flexibility index (Phi) is 3.80. The van der Waals surface area contributed by atoms with Crippen LogP contribution in [0.15, 0.2) is 37.1 Å². The molecule has 1 aliphatic heterocycles. The summed E-state index contributed by atoms with van der Waals surface area (Å²) in [5, 5.41) is 3.20. The lowest BCUT2D eigenvalue weighted by molar-refractivity contribution is 0.0935. The van der Waals surface area contributed by atoms with E-state index in [4.69, 9.17) is 0 Å². The molecule has 1 N–H and O–H groups in total. The lowest BCUT2D eigenvalue weighted by Gasteiger charge is -2.20. The molecule has 130 valence electrons. The number of aryl methyl sites for hydroxylation is 2. The molecule has 1 fully saturated rings. The van der Waals surface area contributed by atoms with Gasteiger partial charge in [-0.15, -0.1) is 0 Å². The van der Waals surface area contributed by atoms with E-state index in [1.165, 1.54) is 0 Å². The van der Waals surface area contributed by atoms with Crippen molar-refractivity contribution in [3.05, 3.63) is 54.0 Å². The second-order valence-electron chi connectivity index (χ2n) is 6.88. The Morgan fingerprint density at radius 2 is 2.12 bits per heavy atom. The number of imidazole rings is 2. The number of likely N-dealkylation sites (N-methyl/N-ethyl adjacent to an activating group) is 1. The summed E-state index contributed by atoms with van der Waals surface area (Å²) in [4.78, 5) is 23.6. The quantitative estimate of drug-likeness (QED) is 0.779. The molecule has 0 spiro atoms. The van der Waals surface area contributed by atoms with Crippen LogP contribution in [0.5, 0.6) is 0 Å². The van der Waals surface area contributed by atoms with Crippen LogP contribution in [0, 0.1) is 6.92 Å². The third-order valence-electron chi connectivity index (χ3n) is 5.01. The van der Waals surface area contributed by atoms with Gasteiger partial charge < -0.3 is 19.2 Å². The van der Waals surface area contributed by atoms with Gasteiger partial charge in [0.05, 0.1) is 12.4 Å². The molecular weight excluding hydrogens is 316 g/mol. The lowest BCUT2D eigenvalue weighted by atomic mass is 9.99. The van der Waals surface area contributed by atoms with Crippen LogP contribution in [0.1, 0.15) is 27.7 Å². The van der Waals surface area contributed by atoms with Gasteiger partial charge in [0.25, 0.3) is 5.91 Å². The maximum Gasteiger partial charge on any atom is 0.251 e. The van der Waals surface area contributed by atoms with Crippen molar-refractivity contribution < 1.29 is 4.79 Å². The van der Waals surface area contributed by atoms with Crippen molar-refractivity contribution in [1.82, 2.24) is 29.2 Å². The molecule has 0 unspecified atom stereocenters. The Morgan fingerprint density at radius 3 is 2.88 bits per heavy atom. The fourth-order valence-electron chi connectivity index (χ4n) is 3.67. The first-order valence-electron chi connectivity index (χ1n) is 8.42. The number of likely N-dealkylation sites (tertiary alicyclic amines) is 1. The number of carbonyl (C=O) groups is 1. The lowest BCUT2D eigenvalue weighted by Crippen LogP contribution is -2.40. The number of hydrogen-bond donors (Lipinski definition) is 1. The largest absolute Gasteiger partial charge is 0.347 e. The molecular formula is C18H22N6O. The van der Waals surface area contributed by atoms with E-state index in [0.717, 1.165) is 30.1 Å². The second-order valence-corrected chi connectivity index (χ2v) is 6.88. The Labute approximate surface area is 146 Å². The third kappa shape index (κ3) is 2.80. The van der Waals surface area contributed by atoms with Gasteiger partial charge in [-0.2, -0.15) is 0 Å². The van der Waals surface area contributed by atoms with E-state index in [1.54, 1.807) is 12.5 Å². The van der Waals surface area contributed by atoms with Crippen LogP contribution in [0.2, 0.25) is 0 Å². The summed E-state index contributed by atoms with van der Waals surface area (Å²) < 4.78 is 4.00. The number of carbonyl (C=O) groups excluding carboxylic acids is 1. The number of nitrogens with one attached hydrogen (secondary N) is 1. The molecule has 0 saturated carbocycles. The minimum absolute atomic E-state index is 0.0596. The number of rotatable bonds is 3. The molecule has 1 saturated heterocycles. The van der Waals surface area contributed by atoms with Gasteiger partial charge in [-0.3, -0.25) is 4.79 Å².